The Hall–Kier alpha value is -1.39. The third-order valence-corrected chi connectivity index (χ3v) is 2.30. The van der Waals surface area contributed by atoms with Crippen molar-refractivity contribution in [3.63, 3.8) is 0 Å². The summed E-state index contributed by atoms with van der Waals surface area (Å²) in [7, 11) is 0. The molecule has 1 aromatic rings. The third kappa shape index (κ3) is 5.80. The summed E-state index contributed by atoms with van der Waals surface area (Å²) in [6.07, 6.45) is -0.530. The maximum atomic E-state index is 11.6. The van der Waals surface area contributed by atoms with Gasteiger partial charge in [-0.15, -0.1) is 0 Å². The number of carbonyl (C=O) groups is 1. The minimum Gasteiger partial charge on any atom is -0.364 e. The summed E-state index contributed by atoms with van der Waals surface area (Å²) in [6, 6.07) is 9.74. The molecule has 4 nitrogen and oxygen atoms in total. The average molecular weight is 251 g/mol. The van der Waals surface area contributed by atoms with Crippen LogP contribution in [0.1, 0.15) is 26.3 Å². The van der Waals surface area contributed by atoms with Crippen LogP contribution in [-0.4, -0.2) is 18.6 Å². The van der Waals surface area contributed by atoms with Crippen LogP contribution in [0.3, 0.4) is 0 Å². The summed E-state index contributed by atoms with van der Waals surface area (Å²) in [5.74, 6) is 0.123. The average Bonchev–Trinajstić information content (AvgIpc) is 2.36. The molecule has 0 radical (unpaired) electrons. The van der Waals surface area contributed by atoms with Crippen LogP contribution in [0.5, 0.6) is 0 Å². The third-order valence-electron chi connectivity index (χ3n) is 2.30. The number of rotatable bonds is 7. The lowest BCUT2D eigenvalue weighted by Crippen LogP contribution is -2.35. The zero-order valence-corrected chi connectivity index (χ0v) is 11.2. The predicted molar refractivity (Wildman–Crippen MR) is 69.6 cm³/mol. The molecule has 0 saturated heterocycles. The Morgan fingerprint density at radius 2 is 1.89 bits per heavy atom. The number of benzene rings is 1. The summed E-state index contributed by atoms with van der Waals surface area (Å²) in [6.45, 7) is 6.65. The molecule has 4 heteroatoms. The molecule has 1 amide bonds. The standard InChI is InChI=1S/C14H21NO3/c1-11(2)9-18-15-14(16)12(3)17-10-13-7-5-4-6-8-13/h4-8,11-12H,9-10H2,1-3H3,(H,15,16). The summed E-state index contributed by atoms with van der Waals surface area (Å²) in [4.78, 5) is 16.6. The molecular weight excluding hydrogens is 230 g/mol. The second-order valence-electron chi connectivity index (χ2n) is 4.61. The van der Waals surface area contributed by atoms with E-state index < -0.39 is 6.10 Å². The van der Waals surface area contributed by atoms with Crippen molar-refractivity contribution in [2.24, 2.45) is 5.92 Å². The quantitative estimate of drug-likeness (QED) is 0.756. The van der Waals surface area contributed by atoms with Crippen molar-refractivity contribution >= 4 is 5.91 Å². The number of hydrogen-bond acceptors (Lipinski definition) is 3. The molecule has 0 aliphatic rings. The van der Waals surface area contributed by atoms with Crippen molar-refractivity contribution in [2.75, 3.05) is 6.61 Å². The Kier molecular flexibility index (Phi) is 6.39. The molecule has 0 saturated carbocycles. The molecule has 0 aliphatic carbocycles. The molecule has 18 heavy (non-hydrogen) atoms. The van der Waals surface area contributed by atoms with E-state index in [2.05, 4.69) is 5.48 Å². The van der Waals surface area contributed by atoms with Crippen LogP contribution in [0.2, 0.25) is 0 Å². The van der Waals surface area contributed by atoms with Gasteiger partial charge in [0.05, 0.1) is 13.2 Å². The summed E-state index contributed by atoms with van der Waals surface area (Å²) in [5, 5.41) is 0. The van der Waals surface area contributed by atoms with Crippen LogP contribution in [0.4, 0.5) is 0 Å². The molecule has 100 valence electrons. The number of ether oxygens (including phenoxy) is 1. The van der Waals surface area contributed by atoms with Gasteiger partial charge >= 0.3 is 0 Å². The fourth-order valence-corrected chi connectivity index (χ4v) is 1.23. The molecular formula is C14H21NO3. The lowest BCUT2D eigenvalue weighted by atomic mass is 10.2. The Morgan fingerprint density at radius 3 is 2.50 bits per heavy atom. The van der Waals surface area contributed by atoms with Gasteiger partial charge in [0, 0.05) is 0 Å². The van der Waals surface area contributed by atoms with Gasteiger partial charge in [0.25, 0.3) is 5.91 Å². The first kappa shape index (κ1) is 14.7. The second kappa shape index (κ2) is 7.84. The van der Waals surface area contributed by atoms with E-state index in [4.69, 9.17) is 9.57 Å². The molecule has 0 bridgehead atoms. The number of carbonyl (C=O) groups excluding carboxylic acids is 1. The number of hydroxylamine groups is 1. The Morgan fingerprint density at radius 1 is 1.22 bits per heavy atom. The number of nitrogens with one attached hydrogen (secondary N) is 1. The molecule has 1 N–H and O–H groups in total. The van der Waals surface area contributed by atoms with Crippen LogP contribution in [0.25, 0.3) is 0 Å². The normalized spacial score (nSPS) is 12.4. The largest absolute Gasteiger partial charge is 0.364 e. The highest BCUT2D eigenvalue weighted by Gasteiger charge is 2.13. The predicted octanol–water partition coefficient (Wildman–Crippen LogP) is 2.30. The van der Waals surface area contributed by atoms with Gasteiger partial charge in [-0.1, -0.05) is 44.2 Å². The topological polar surface area (TPSA) is 47.6 Å². The van der Waals surface area contributed by atoms with E-state index in [0.717, 1.165) is 5.56 Å². The van der Waals surface area contributed by atoms with E-state index in [1.165, 1.54) is 0 Å². The van der Waals surface area contributed by atoms with Crippen molar-refractivity contribution in [3.8, 4) is 0 Å². The van der Waals surface area contributed by atoms with Gasteiger partial charge in [0.15, 0.2) is 0 Å². The van der Waals surface area contributed by atoms with Gasteiger partial charge in [0.2, 0.25) is 0 Å². The molecule has 1 aromatic carbocycles. The van der Waals surface area contributed by atoms with Gasteiger partial charge in [-0.3, -0.25) is 9.63 Å². The van der Waals surface area contributed by atoms with E-state index in [0.29, 0.717) is 19.1 Å². The Bertz CT molecular complexity index is 351. The van der Waals surface area contributed by atoms with Gasteiger partial charge < -0.3 is 4.74 Å². The van der Waals surface area contributed by atoms with Crippen molar-refractivity contribution in [2.45, 2.75) is 33.5 Å². The summed E-state index contributed by atoms with van der Waals surface area (Å²) in [5.41, 5.74) is 3.43. The zero-order valence-electron chi connectivity index (χ0n) is 11.2. The van der Waals surface area contributed by atoms with E-state index in [1.807, 2.05) is 44.2 Å². The molecule has 1 rings (SSSR count). The monoisotopic (exact) mass is 251 g/mol. The first-order valence-corrected chi connectivity index (χ1v) is 6.16. The fraction of sp³-hybridized carbons (Fsp3) is 0.500. The van der Waals surface area contributed by atoms with Crippen molar-refractivity contribution in [1.29, 1.82) is 0 Å². The van der Waals surface area contributed by atoms with Gasteiger partial charge in [-0.2, -0.15) is 0 Å². The summed E-state index contributed by atoms with van der Waals surface area (Å²) >= 11 is 0. The number of hydrogen-bond donors (Lipinski definition) is 1. The number of amides is 1. The first-order valence-electron chi connectivity index (χ1n) is 6.16. The van der Waals surface area contributed by atoms with Gasteiger partial charge in [0.1, 0.15) is 6.10 Å². The molecule has 0 aliphatic heterocycles. The van der Waals surface area contributed by atoms with E-state index in [-0.39, 0.29) is 5.91 Å². The molecule has 0 heterocycles. The van der Waals surface area contributed by atoms with Gasteiger partial charge in [-0.25, -0.2) is 5.48 Å². The molecule has 0 spiro atoms. The van der Waals surface area contributed by atoms with E-state index in [1.54, 1.807) is 6.92 Å². The van der Waals surface area contributed by atoms with Crippen molar-refractivity contribution < 1.29 is 14.4 Å². The van der Waals surface area contributed by atoms with Crippen molar-refractivity contribution in [1.82, 2.24) is 5.48 Å². The van der Waals surface area contributed by atoms with Crippen LogP contribution in [0, 0.1) is 5.92 Å². The maximum absolute atomic E-state index is 11.6. The lowest BCUT2D eigenvalue weighted by Gasteiger charge is -2.14. The van der Waals surface area contributed by atoms with Crippen LogP contribution in [0.15, 0.2) is 30.3 Å². The first-order chi connectivity index (χ1) is 8.59. The Balaban J connectivity index is 2.23. The molecule has 1 atom stereocenters. The van der Waals surface area contributed by atoms with Crippen LogP contribution < -0.4 is 5.48 Å². The second-order valence-corrected chi connectivity index (χ2v) is 4.61. The minimum absolute atomic E-state index is 0.258. The molecule has 0 aromatic heterocycles. The van der Waals surface area contributed by atoms with E-state index in [9.17, 15) is 4.79 Å². The van der Waals surface area contributed by atoms with Crippen LogP contribution in [-0.2, 0) is 21.0 Å². The highest BCUT2D eigenvalue weighted by atomic mass is 16.7. The maximum Gasteiger partial charge on any atom is 0.272 e. The zero-order chi connectivity index (χ0) is 13.4. The highest BCUT2D eigenvalue weighted by molar-refractivity contribution is 5.79. The SMILES string of the molecule is CC(C)CONC(=O)C(C)OCc1ccccc1. The van der Waals surface area contributed by atoms with Crippen LogP contribution >= 0.6 is 0 Å². The molecule has 0 fully saturated rings. The van der Waals surface area contributed by atoms with Crippen molar-refractivity contribution in [3.05, 3.63) is 35.9 Å². The summed E-state index contributed by atoms with van der Waals surface area (Å²) < 4.78 is 5.46. The minimum atomic E-state index is -0.530. The lowest BCUT2D eigenvalue weighted by molar-refractivity contribution is -0.146. The van der Waals surface area contributed by atoms with Gasteiger partial charge in [-0.05, 0) is 18.4 Å². The van der Waals surface area contributed by atoms with E-state index >= 15 is 0 Å². The fourth-order valence-electron chi connectivity index (χ4n) is 1.23. The Labute approximate surface area is 108 Å². The highest BCUT2D eigenvalue weighted by Crippen LogP contribution is 2.03. The molecule has 1 unspecified atom stereocenters. The smallest absolute Gasteiger partial charge is 0.272 e.